The molecular weight excluding hydrogens is 302 g/mol. The summed E-state index contributed by atoms with van der Waals surface area (Å²) in [4.78, 5) is 6.13. The number of nitrogens with one attached hydrogen (secondary N) is 1. The first-order chi connectivity index (χ1) is 9.35. The molecule has 0 fully saturated rings. The molecule has 0 radical (unpaired) electrons. The highest BCUT2D eigenvalue weighted by Gasteiger charge is 2.39. The maximum atomic E-state index is 12.5. The highest BCUT2D eigenvalue weighted by molar-refractivity contribution is 7.90. The van der Waals surface area contributed by atoms with Crippen molar-refractivity contribution in [1.82, 2.24) is 14.3 Å². The van der Waals surface area contributed by atoms with Crippen molar-refractivity contribution in [2.24, 2.45) is 0 Å². The van der Waals surface area contributed by atoms with Crippen LogP contribution in [0.1, 0.15) is 26.3 Å². The van der Waals surface area contributed by atoms with Crippen LogP contribution < -0.4 is 4.39 Å². The summed E-state index contributed by atoms with van der Waals surface area (Å²) in [6.45, 7) is 11.0. The first-order valence-corrected chi connectivity index (χ1v) is 11.5. The van der Waals surface area contributed by atoms with Gasteiger partial charge in [0.1, 0.15) is 8.24 Å². The molecule has 0 saturated carbocycles. The van der Waals surface area contributed by atoms with Gasteiger partial charge < -0.3 is 4.90 Å². The van der Waals surface area contributed by atoms with Crippen molar-refractivity contribution in [1.29, 1.82) is 0 Å². The summed E-state index contributed by atoms with van der Waals surface area (Å²) in [5.41, 5.74) is 0.992. The summed E-state index contributed by atoms with van der Waals surface area (Å²) in [5, 5.41) is 0.0279. The lowest BCUT2D eigenvalue weighted by atomic mass is 10.2. The average Bonchev–Trinajstić information content (AvgIpc) is 2.25. The Balaban J connectivity index is 2.99. The molecule has 0 unspecified atom stereocenters. The van der Waals surface area contributed by atoms with Crippen LogP contribution in [0.25, 0.3) is 0 Å². The van der Waals surface area contributed by atoms with Crippen molar-refractivity contribution in [3.05, 3.63) is 23.9 Å². The molecule has 0 aliphatic rings. The minimum absolute atomic E-state index is 0.0646. The zero-order chi connectivity index (χ0) is 16.5. The molecule has 0 aromatic carbocycles. The van der Waals surface area contributed by atoms with Crippen LogP contribution in [0.15, 0.2) is 23.4 Å². The number of aromatic nitrogens is 1. The van der Waals surface area contributed by atoms with Crippen LogP contribution in [0.3, 0.4) is 0 Å². The normalized spacial score (nSPS) is 13.7. The number of hydrogen-bond acceptors (Lipinski definition) is 4. The van der Waals surface area contributed by atoms with Gasteiger partial charge in [0.25, 0.3) is 10.0 Å². The van der Waals surface area contributed by atoms with Gasteiger partial charge in [0.2, 0.25) is 0 Å². The van der Waals surface area contributed by atoms with Crippen molar-refractivity contribution < 1.29 is 8.42 Å². The van der Waals surface area contributed by atoms with Gasteiger partial charge in [0.15, 0.2) is 5.03 Å². The highest BCUT2D eigenvalue weighted by Crippen LogP contribution is 2.34. The standard InChI is InChI=1S/C14H27N3O2SSi/c1-14(2,3)21(6,7)16-20(18,19)13-9-8-12(10-15-13)11-17(4)5/h8-10,16H,11H2,1-7H3. The van der Waals surface area contributed by atoms with E-state index in [1.807, 2.05) is 38.2 Å². The molecule has 1 rings (SSSR count). The quantitative estimate of drug-likeness (QED) is 0.843. The highest BCUT2D eigenvalue weighted by atomic mass is 32.2. The molecule has 1 heterocycles. The Morgan fingerprint density at radius 3 is 2.19 bits per heavy atom. The van der Waals surface area contributed by atoms with E-state index in [2.05, 4.69) is 30.1 Å². The third-order valence-corrected chi connectivity index (χ3v) is 11.5. The summed E-state index contributed by atoms with van der Waals surface area (Å²) in [6.07, 6.45) is 1.63. The average molecular weight is 330 g/mol. The van der Waals surface area contributed by atoms with Gasteiger partial charge in [-0.05, 0) is 30.8 Å². The van der Waals surface area contributed by atoms with Gasteiger partial charge in [-0.1, -0.05) is 39.9 Å². The van der Waals surface area contributed by atoms with Crippen LogP contribution in [0.5, 0.6) is 0 Å². The number of sulfonamides is 1. The molecule has 5 nitrogen and oxygen atoms in total. The Bertz CT molecular complexity index is 575. The van der Waals surface area contributed by atoms with Gasteiger partial charge in [-0.25, -0.2) is 17.8 Å². The molecule has 0 atom stereocenters. The smallest absolute Gasteiger partial charge is 0.252 e. The zero-order valence-electron chi connectivity index (χ0n) is 14.1. The van der Waals surface area contributed by atoms with E-state index in [1.54, 1.807) is 12.3 Å². The fourth-order valence-electron chi connectivity index (χ4n) is 1.57. The van der Waals surface area contributed by atoms with E-state index in [-0.39, 0.29) is 10.1 Å². The first-order valence-electron chi connectivity index (χ1n) is 6.99. The lowest BCUT2D eigenvalue weighted by molar-refractivity contribution is 0.401. The van der Waals surface area contributed by atoms with E-state index in [1.165, 1.54) is 0 Å². The van der Waals surface area contributed by atoms with Gasteiger partial charge in [-0.2, -0.15) is 0 Å². The molecule has 0 saturated heterocycles. The van der Waals surface area contributed by atoms with Crippen LogP contribution in [-0.2, 0) is 16.6 Å². The van der Waals surface area contributed by atoms with Gasteiger partial charge in [-0.15, -0.1) is 0 Å². The molecule has 7 heteroatoms. The molecule has 1 aromatic rings. The minimum Gasteiger partial charge on any atom is -0.305 e. The largest absolute Gasteiger partial charge is 0.305 e. The van der Waals surface area contributed by atoms with Crippen LogP contribution >= 0.6 is 0 Å². The fourth-order valence-corrected chi connectivity index (χ4v) is 6.34. The molecule has 1 aromatic heterocycles. The predicted octanol–water partition coefficient (Wildman–Crippen LogP) is 2.43. The molecule has 0 amide bonds. The van der Waals surface area contributed by atoms with Gasteiger partial charge in [-0.3, -0.25) is 0 Å². The number of nitrogens with zero attached hydrogens (tertiary/aromatic N) is 2. The van der Waals surface area contributed by atoms with E-state index in [0.29, 0.717) is 0 Å². The molecular formula is C14H27N3O2SSi. The second-order valence-electron chi connectivity index (χ2n) is 7.22. The molecule has 0 spiro atoms. The Labute approximate surface area is 129 Å². The van der Waals surface area contributed by atoms with E-state index < -0.39 is 18.3 Å². The van der Waals surface area contributed by atoms with Gasteiger partial charge >= 0.3 is 0 Å². The lowest BCUT2D eigenvalue weighted by Crippen LogP contribution is -2.54. The summed E-state index contributed by atoms with van der Waals surface area (Å²) < 4.78 is 27.8. The van der Waals surface area contributed by atoms with Gasteiger partial charge in [0, 0.05) is 12.7 Å². The molecule has 0 aliphatic carbocycles. The SMILES string of the molecule is CN(C)Cc1ccc(S(=O)(=O)N[Si](C)(C)C(C)(C)C)nc1. The molecule has 0 aliphatic heterocycles. The van der Waals surface area contributed by atoms with E-state index in [9.17, 15) is 8.42 Å². The van der Waals surface area contributed by atoms with E-state index in [4.69, 9.17) is 0 Å². The second kappa shape index (κ2) is 6.16. The Morgan fingerprint density at radius 1 is 1.24 bits per heavy atom. The summed E-state index contributed by atoms with van der Waals surface area (Å²) in [7, 11) is -1.78. The maximum absolute atomic E-state index is 12.5. The Hall–Kier alpha value is -0.763. The second-order valence-corrected chi connectivity index (χ2v) is 14.2. The summed E-state index contributed by atoms with van der Waals surface area (Å²) in [5.74, 6) is 0. The van der Waals surface area contributed by atoms with Crippen LogP contribution in [0.4, 0.5) is 0 Å². The van der Waals surface area contributed by atoms with E-state index in [0.717, 1.165) is 12.1 Å². The first kappa shape index (κ1) is 18.3. The maximum Gasteiger partial charge on any atom is 0.252 e. The van der Waals surface area contributed by atoms with E-state index >= 15 is 0 Å². The van der Waals surface area contributed by atoms with Crippen molar-refractivity contribution in [2.75, 3.05) is 14.1 Å². The van der Waals surface area contributed by atoms with Crippen LogP contribution in [0.2, 0.25) is 18.1 Å². The summed E-state index contributed by atoms with van der Waals surface area (Å²) >= 11 is 0. The summed E-state index contributed by atoms with van der Waals surface area (Å²) in [6, 6.07) is 3.39. The molecule has 21 heavy (non-hydrogen) atoms. The fraction of sp³-hybridized carbons (Fsp3) is 0.643. The number of rotatable bonds is 5. The predicted molar refractivity (Wildman–Crippen MR) is 89.1 cm³/mol. The van der Waals surface area contributed by atoms with Crippen LogP contribution in [0, 0.1) is 0 Å². The van der Waals surface area contributed by atoms with Gasteiger partial charge in [0.05, 0.1) is 0 Å². The Morgan fingerprint density at radius 2 is 1.81 bits per heavy atom. The number of pyridine rings is 1. The van der Waals surface area contributed by atoms with Crippen molar-refractivity contribution in [3.63, 3.8) is 0 Å². The molecule has 1 N–H and O–H groups in total. The minimum atomic E-state index is -3.56. The lowest BCUT2D eigenvalue weighted by Gasteiger charge is -2.36. The Kier molecular flexibility index (Phi) is 5.36. The third-order valence-electron chi connectivity index (χ3n) is 3.84. The number of hydrogen-bond donors (Lipinski definition) is 1. The topological polar surface area (TPSA) is 62.3 Å². The zero-order valence-corrected chi connectivity index (χ0v) is 15.9. The third kappa shape index (κ3) is 4.88. The van der Waals surface area contributed by atoms with Crippen molar-refractivity contribution in [3.8, 4) is 0 Å². The van der Waals surface area contributed by atoms with Crippen molar-refractivity contribution in [2.45, 2.75) is 50.5 Å². The monoisotopic (exact) mass is 329 g/mol. The molecule has 0 bridgehead atoms. The van der Waals surface area contributed by atoms with Crippen molar-refractivity contribution >= 4 is 18.3 Å². The molecule has 120 valence electrons. The van der Waals surface area contributed by atoms with Crippen LogP contribution in [-0.4, -0.2) is 40.6 Å².